The zero-order valence-electron chi connectivity index (χ0n) is 10.8. The number of benzene rings is 1. The molecule has 2 aromatic rings. The highest BCUT2D eigenvalue weighted by atomic mass is 19.1. The van der Waals surface area contributed by atoms with Gasteiger partial charge >= 0.3 is 6.03 Å². The van der Waals surface area contributed by atoms with E-state index in [1.807, 2.05) is 6.92 Å². The SMILES string of the molecule is CCC(NC(=O)Nc1ccc(F)cc1F)c1ncc[nH]1. The van der Waals surface area contributed by atoms with Crippen molar-refractivity contribution in [2.24, 2.45) is 0 Å². The molecule has 3 N–H and O–H groups in total. The van der Waals surface area contributed by atoms with Crippen LogP contribution in [0, 0.1) is 11.6 Å². The van der Waals surface area contributed by atoms with Crippen LogP contribution in [0.3, 0.4) is 0 Å². The van der Waals surface area contributed by atoms with Gasteiger partial charge in [0.15, 0.2) is 0 Å². The minimum atomic E-state index is -0.828. The maximum atomic E-state index is 13.4. The Morgan fingerprint density at radius 3 is 2.85 bits per heavy atom. The summed E-state index contributed by atoms with van der Waals surface area (Å²) >= 11 is 0. The van der Waals surface area contributed by atoms with Gasteiger partial charge in [-0.15, -0.1) is 0 Å². The van der Waals surface area contributed by atoms with E-state index in [2.05, 4.69) is 20.6 Å². The molecule has 0 fully saturated rings. The number of hydrogen-bond donors (Lipinski definition) is 3. The van der Waals surface area contributed by atoms with Crippen LogP contribution in [0.4, 0.5) is 19.3 Å². The molecule has 1 atom stereocenters. The first-order chi connectivity index (χ1) is 9.60. The second kappa shape index (κ2) is 6.14. The second-order valence-corrected chi connectivity index (χ2v) is 4.16. The average Bonchev–Trinajstić information content (AvgIpc) is 2.93. The lowest BCUT2D eigenvalue weighted by Gasteiger charge is -2.15. The van der Waals surface area contributed by atoms with Crippen LogP contribution in [0.15, 0.2) is 30.6 Å². The van der Waals surface area contributed by atoms with Gasteiger partial charge in [0.1, 0.15) is 17.5 Å². The van der Waals surface area contributed by atoms with Crippen LogP contribution in [0.2, 0.25) is 0 Å². The Morgan fingerprint density at radius 2 is 2.25 bits per heavy atom. The van der Waals surface area contributed by atoms with Crippen LogP contribution in [0.25, 0.3) is 0 Å². The lowest BCUT2D eigenvalue weighted by molar-refractivity contribution is 0.247. The molecular weight excluding hydrogens is 266 g/mol. The van der Waals surface area contributed by atoms with Gasteiger partial charge in [0.2, 0.25) is 0 Å². The van der Waals surface area contributed by atoms with Crippen LogP contribution in [0.1, 0.15) is 25.2 Å². The van der Waals surface area contributed by atoms with Crippen molar-refractivity contribution in [1.82, 2.24) is 15.3 Å². The zero-order chi connectivity index (χ0) is 14.5. The fourth-order valence-electron chi connectivity index (χ4n) is 1.74. The summed E-state index contributed by atoms with van der Waals surface area (Å²) < 4.78 is 26.2. The topological polar surface area (TPSA) is 69.8 Å². The Balaban J connectivity index is 2.01. The van der Waals surface area contributed by atoms with E-state index in [-0.39, 0.29) is 11.7 Å². The molecular formula is C13H14F2N4O. The van der Waals surface area contributed by atoms with Crippen molar-refractivity contribution in [2.75, 3.05) is 5.32 Å². The summed E-state index contributed by atoms with van der Waals surface area (Å²) in [6.45, 7) is 1.88. The van der Waals surface area contributed by atoms with Gasteiger partial charge in [0, 0.05) is 18.5 Å². The lowest BCUT2D eigenvalue weighted by atomic mass is 10.2. The molecule has 0 aliphatic heterocycles. The summed E-state index contributed by atoms with van der Waals surface area (Å²) in [4.78, 5) is 18.7. The summed E-state index contributed by atoms with van der Waals surface area (Å²) in [7, 11) is 0. The standard InChI is InChI=1S/C13H14F2N4O/c1-2-10(12-16-5-6-17-12)18-13(20)19-11-4-3-8(14)7-9(11)15/h3-7,10H,2H2,1H3,(H,16,17)(H2,18,19,20). The number of rotatable bonds is 4. The largest absolute Gasteiger partial charge is 0.347 e. The number of imidazole rings is 1. The van der Waals surface area contributed by atoms with E-state index in [0.29, 0.717) is 18.3 Å². The molecule has 0 saturated heterocycles. The Labute approximate surface area is 114 Å². The number of aromatic amines is 1. The molecule has 20 heavy (non-hydrogen) atoms. The zero-order valence-corrected chi connectivity index (χ0v) is 10.8. The molecule has 0 aliphatic rings. The summed E-state index contributed by atoms with van der Waals surface area (Å²) in [5.41, 5.74) is -0.0850. The number of H-pyrrole nitrogens is 1. The van der Waals surface area contributed by atoms with Crippen LogP contribution in [0.5, 0.6) is 0 Å². The van der Waals surface area contributed by atoms with E-state index >= 15 is 0 Å². The molecule has 7 heteroatoms. The van der Waals surface area contributed by atoms with Crippen molar-refractivity contribution in [3.8, 4) is 0 Å². The Morgan fingerprint density at radius 1 is 1.45 bits per heavy atom. The Hall–Kier alpha value is -2.44. The van der Waals surface area contributed by atoms with Gasteiger partial charge in [-0.2, -0.15) is 0 Å². The van der Waals surface area contributed by atoms with Gasteiger partial charge in [-0.1, -0.05) is 6.92 Å². The molecule has 0 aliphatic carbocycles. The highest BCUT2D eigenvalue weighted by Crippen LogP contribution is 2.16. The first-order valence-electron chi connectivity index (χ1n) is 6.12. The quantitative estimate of drug-likeness (QED) is 0.805. The van der Waals surface area contributed by atoms with E-state index in [4.69, 9.17) is 0 Å². The fraction of sp³-hybridized carbons (Fsp3) is 0.231. The molecule has 1 aromatic heterocycles. The first-order valence-corrected chi connectivity index (χ1v) is 6.12. The molecule has 0 spiro atoms. The summed E-state index contributed by atoms with van der Waals surface area (Å²) in [6, 6.07) is 2.05. The minimum absolute atomic E-state index is 0.0850. The number of nitrogens with zero attached hydrogens (tertiary/aromatic N) is 1. The third-order valence-electron chi connectivity index (χ3n) is 2.74. The van der Waals surface area contributed by atoms with Crippen LogP contribution in [-0.4, -0.2) is 16.0 Å². The maximum absolute atomic E-state index is 13.4. The Kier molecular flexibility index (Phi) is 4.29. The smallest absolute Gasteiger partial charge is 0.319 e. The molecule has 106 valence electrons. The fourth-order valence-corrected chi connectivity index (χ4v) is 1.74. The molecule has 1 unspecified atom stereocenters. The van der Waals surface area contributed by atoms with Gasteiger partial charge < -0.3 is 15.6 Å². The number of amides is 2. The lowest BCUT2D eigenvalue weighted by Crippen LogP contribution is -2.33. The molecule has 5 nitrogen and oxygen atoms in total. The predicted octanol–water partition coefficient (Wildman–Crippen LogP) is 2.96. The van der Waals surface area contributed by atoms with Crippen LogP contribution >= 0.6 is 0 Å². The number of nitrogens with one attached hydrogen (secondary N) is 3. The number of anilines is 1. The molecule has 0 radical (unpaired) electrons. The number of urea groups is 1. The van der Waals surface area contributed by atoms with Crippen molar-refractivity contribution in [1.29, 1.82) is 0 Å². The van der Waals surface area contributed by atoms with Crippen molar-refractivity contribution < 1.29 is 13.6 Å². The third kappa shape index (κ3) is 3.31. The second-order valence-electron chi connectivity index (χ2n) is 4.16. The van der Waals surface area contributed by atoms with E-state index in [0.717, 1.165) is 12.1 Å². The van der Waals surface area contributed by atoms with Gasteiger partial charge in [0.05, 0.1) is 11.7 Å². The van der Waals surface area contributed by atoms with E-state index in [9.17, 15) is 13.6 Å². The summed E-state index contributed by atoms with van der Waals surface area (Å²) in [5.74, 6) is -0.913. The van der Waals surface area contributed by atoms with Gasteiger partial charge in [-0.3, -0.25) is 0 Å². The predicted molar refractivity (Wildman–Crippen MR) is 70.1 cm³/mol. The number of carbonyl (C=O) groups is 1. The monoisotopic (exact) mass is 280 g/mol. The first kappa shape index (κ1) is 14.0. The summed E-state index contributed by atoms with van der Waals surface area (Å²) in [5, 5.41) is 4.99. The summed E-state index contributed by atoms with van der Waals surface area (Å²) in [6.07, 6.45) is 3.85. The molecule has 0 saturated carbocycles. The van der Waals surface area contributed by atoms with Gasteiger partial charge in [-0.25, -0.2) is 18.6 Å². The average molecular weight is 280 g/mol. The van der Waals surface area contributed by atoms with E-state index in [1.54, 1.807) is 12.4 Å². The molecule has 1 aromatic carbocycles. The van der Waals surface area contributed by atoms with Crippen LogP contribution < -0.4 is 10.6 Å². The molecule has 0 bridgehead atoms. The normalized spacial score (nSPS) is 11.9. The van der Waals surface area contributed by atoms with Gasteiger partial charge in [-0.05, 0) is 18.6 Å². The number of hydrogen-bond acceptors (Lipinski definition) is 2. The Bertz CT molecular complexity index is 586. The number of aromatic nitrogens is 2. The van der Waals surface area contributed by atoms with Crippen molar-refractivity contribution in [3.63, 3.8) is 0 Å². The van der Waals surface area contributed by atoms with Crippen molar-refractivity contribution >= 4 is 11.7 Å². The molecule has 2 amide bonds. The highest BCUT2D eigenvalue weighted by molar-refractivity contribution is 5.89. The van der Waals surface area contributed by atoms with E-state index in [1.165, 1.54) is 0 Å². The number of halogens is 2. The van der Waals surface area contributed by atoms with Crippen molar-refractivity contribution in [3.05, 3.63) is 48.1 Å². The highest BCUT2D eigenvalue weighted by Gasteiger charge is 2.15. The minimum Gasteiger partial charge on any atom is -0.347 e. The van der Waals surface area contributed by atoms with Gasteiger partial charge in [0.25, 0.3) is 0 Å². The maximum Gasteiger partial charge on any atom is 0.319 e. The number of carbonyl (C=O) groups excluding carboxylic acids is 1. The van der Waals surface area contributed by atoms with Crippen molar-refractivity contribution in [2.45, 2.75) is 19.4 Å². The van der Waals surface area contributed by atoms with Crippen LogP contribution in [-0.2, 0) is 0 Å². The third-order valence-corrected chi connectivity index (χ3v) is 2.74. The van der Waals surface area contributed by atoms with E-state index < -0.39 is 17.7 Å². The molecule has 1 heterocycles. The molecule has 2 rings (SSSR count).